The minimum absolute atomic E-state index is 0.291. The third-order valence-corrected chi connectivity index (χ3v) is 4.50. The van der Waals surface area contributed by atoms with E-state index in [0.717, 1.165) is 44.9 Å². The lowest BCUT2D eigenvalue weighted by Crippen LogP contribution is -2.38. The molecule has 1 aliphatic rings. The zero-order valence-corrected chi connectivity index (χ0v) is 14.1. The Morgan fingerprint density at radius 3 is 1.55 bits per heavy atom. The Morgan fingerprint density at radius 2 is 1.20 bits per heavy atom. The molecule has 2 unspecified atom stereocenters. The molecule has 0 aliphatic carbocycles. The molecule has 4 nitrogen and oxygen atoms in total. The molecular weight excluding hydrogens is 256 g/mol. The van der Waals surface area contributed by atoms with Crippen LogP contribution < -0.4 is 0 Å². The van der Waals surface area contributed by atoms with Crippen molar-refractivity contribution in [1.29, 1.82) is 0 Å². The van der Waals surface area contributed by atoms with Gasteiger partial charge in [-0.25, -0.2) is 9.78 Å². The van der Waals surface area contributed by atoms with Gasteiger partial charge in [0.1, 0.15) is 11.2 Å². The number of hydrogen-bond acceptors (Lipinski definition) is 4. The first-order valence-electron chi connectivity index (χ1n) is 8.04. The molecule has 20 heavy (non-hydrogen) atoms. The van der Waals surface area contributed by atoms with Gasteiger partial charge >= 0.3 is 0 Å². The van der Waals surface area contributed by atoms with E-state index < -0.39 is 5.79 Å². The standard InChI is InChI=1S/C16H32O4/c1-7-10-11-16(6)19-17-14(4,8-2)12-13-15(5,9-3)18-20-16/h7-13H2,1-6H3. The zero-order chi connectivity index (χ0) is 15.3. The number of rotatable bonds is 5. The van der Waals surface area contributed by atoms with Crippen LogP contribution in [-0.4, -0.2) is 17.0 Å². The molecule has 0 aromatic heterocycles. The molecule has 1 rings (SSSR count). The van der Waals surface area contributed by atoms with Crippen molar-refractivity contribution in [3.8, 4) is 0 Å². The minimum atomic E-state index is -0.840. The lowest BCUT2D eigenvalue weighted by Gasteiger charge is -2.32. The van der Waals surface area contributed by atoms with E-state index in [2.05, 4.69) is 34.6 Å². The van der Waals surface area contributed by atoms with Gasteiger partial charge in [-0.3, -0.25) is 0 Å². The first kappa shape index (κ1) is 17.9. The summed E-state index contributed by atoms with van der Waals surface area (Å²) in [6.07, 6.45) is 6.42. The van der Waals surface area contributed by atoms with E-state index in [-0.39, 0.29) is 11.2 Å². The Bertz CT molecular complexity index is 272. The molecule has 1 aliphatic heterocycles. The van der Waals surface area contributed by atoms with E-state index in [1.165, 1.54) is 0 Å². The summed E-state index contributed by atoms with van der Waals surface area (Å²) in [5.41, 5.74) is -0.581. The third-order valence-electron chi connectivity index (χ3n) is 4.50. The molecule has 0 radical (unpaired) electrons. The summed E-state index contributed by atoms with van der Waals surface area (Å²) in [5.74, 6) is -0.840. The maximum atomic E-state index is 5.75. The molecule has 0 amide bonds. The van der Waals surface area contributed by atoms with Gasteiger partial charge in [0.25, 0.3) is 0 Å². The Kier molecular flexibility index (Phi) is 6.45. The van der Waals surface area contributed by atoms with Gasteiger partial charge in [-0.15, -0.1) is 0 Å². The maximum absolute atomic E-state index is 5.75. The van der Waals surface area contributed by atoms with Crippen LogP contribution in [0.15, 0.2) is 0 Å². The molecule has 2 atom stereocenters. The van der Waals surface area contributed by atoms with Crippen molar-refractivity contribution in [2.75, 3.05) is 0 Å². The van der Waals surface area contributed by atoms with Gasteiger partial charge in [0.2, 0.25) is 5.79 Å². The highest BCUT2D eigenvalue weighted by molar-refractivity contribution is 4.81. The second-order valence-electron chi connectivity index (χ2n) is 6.68. The number of hydrogen-bond donors (Lipinski definition) is 0. The van der Waals surface area contributed by atoms with Gasteiger partial charge in [0.05, 0.1) is 0 Å². The Balaban J connectivity index is 2.86. The average Bonchev–Trinajstić information content (AvgIpc) is 2.51. The highest BCUT2D eigenvalue weighted by Crippen LogP contribution is 2.36. The Labute approximate surface area is 124 Å². The van der Waals surface area contributed by atoms with Gasteiger partial charge in [-0.05, 0) is 52.9 Å². The molecule has 1 heterocycles. The fourth-order valence-corrected chi connectivity index (χ4v) is 2.06. The van der Waals surface area contributed by atoms with Gasteiger partial charge in [-0.1, -0.05) is 27.2 Å². The van der Waals surface area contributed by atoms with Crippen LogP contribution in [0, 0.1) is 0 Å². The normalized spacial score (nSPS) is 39.9. The first-order valence-corrected chi connectivity index (χ1v) is 8.04. The minimum Gasteiger partial charge on any atom is -0.227 e. The molecule has 0 aromatic carbocycles. The lowest BCUT2D eigenvalue weighted by molar-refractivity contribution is -0.535. The first-order chi connectivity index (χ1) is 9.30. The van der Waals surface area contributed by atoms with Crippen LogP contribution in [0.4, 0.5) is 0 Å². The van der Waals surface area contributed by atoms with Crippen molar-refractivity contribution in [2.24, 2.45) is 0 Å². The second kappa shape index (κ2) is 7.21. The van der Waals surface area contributed by atoms with E-state index in [4.69, 9.17) is 19.6 Å². The molecule has 1 fully saturated rings. The molecule has 0 saturated carbocycles. The molecule has 1 saturated heterocycles. The monoisotopic (exact) mass is 288 g/mol. The zero-order valence-electron chi connectivity index (χ0n) is 14.1. The van der Waals surface area contributed by atoms with Gasteiger partial charge in [-0.2, -0.15) is 9.78 Å². The Hall–Kier alpha value is -0.160. The highest BCUT2D eigenvalue weighted by Gasteiger charge is 2.40. The van der Waals surface area contributed by atoms with E-state index in [0.29, 0.717) is 0 Å². The molecule has 0 N–H and O–H groups in total. The molecule has 0 bridgehead atoms. The summed E-state index contributed by atoms with van der Waals surface area (Å²) in [6, 6.07) is 0. The van der Waals surface area contributed by atoms with Crippen LogP contribution in [0.2, 0.25) is 0 Å². The highest BCUT2D eigenvalue weighted by atomic mass is 17.3. The van der Waals surface area contributed by atoms with E-state index in [9.17, 15) is 0 Å². The van der Waals surface area contributed by atoms with Crippen LogP contribution in [0.25, 0.3) is 0 Å². The largest absolute Gasteiger partial charge is 0.231 e. The fraction of sp³-hybridized carbons (Fsp3) is 1.00. The van der Waals surface area contributed by atoms with Gasteiger partial charge in [0.15, 0.2) is 0 Å². The summed E-state index contributed by atoms with van der Waals surface area (Å²) in [5, 5.41) is 0. The maximum Gasteiger partial charge on any atom is 0.231 e. The summed E-state index contributed by atoms with van der Waals surface area (Å²) in [4.78, 5) is 22.8. The topological polar surface area (TPSA) is 36.9 Å². The SMILES string of the molecule is CCCCC1(C)OOC(C)(CC)CCC(C)(CC)OO1. The van der Waals surface area contributed by atoms with Crippen molar-refractivity contribution in [3.05, 3.63) is 0 Å². The molecule has 4 heteroatoms. The van der Waals surface area contributed by atoms with Crippen molar-refractivity contribution in [1.82, 2.24) is 0 Å². The van der Waals surface area contributed by atoms with Crippen molar-refractivity contribution >= 4 is 0 Å². The second-order valence-corrected chi connectivity index (χ2v) is 6.68. The average molecular weight is 288 g/mol. The van der Waals surface area contributed by atoms with E-state index >= 15 is 0 Å². The third kappa shape index (κ3) is 4.99. The predicted octanol–water partition coefficient (Wildman–Crippen LogP) is 4.92. The van der Waals surface area contributed by atoms with Crippen LogP contribution in [-0.2, 0) is 19.6 Å². The van der Waals surface area contributed by atoms with Crippen LogP contribution in [0.5, 0.6) is 0 Å². The van der Waals surface area contributed by atoms with Crippen molar-refractivity contribution < 1.29 is 19.6 Å². The van der Waals surface area contributed by atoms with Crippen LogP contribution in [0.1, 0.15) is 86.5 Å². The number of unbranched alkanes of at least 4 members (excludes halogenated alkanes) is 1. The fourth-order valence-electron chi connectivity index (χ4n) is 2.06. The van der Waals surface area contributed by atoms with Crippen molar-refractivity contribution in [2.45, 2.75) is 103 Å². The van der Waals surface area contributed by atoms with Crippen LogP contribution >= 0.6 is 0 Å². The summed E-state index contributed by atoms with van der Waals surface area (Å²) >= 11 is 0. The van der Waals surface area contributed by atoms with Crippen LogP contribution in [0.3, 0.4) is 0 Å². The quantitative estimate of drug-likeness (QED) is 0.673. The predicted molar refractivity (Wildman–Crippen MR) is 78.9 cm³/mol. The van der Waals surface area contributed by atoms with E-state index in [1.54, 1.807) is 0 Å². The molecule has 0 spiro atoms. The van der Waals surface area contributed by atoms with Gasteiger partial charge < -0.3 is 0 Å². The summed E-state index contributed by atoms with van der Waals surface area (Å²) < 4.78 is 0. The Morgan fingerprint density at radius 1 is 0.750 bits per heavy atom. The van der Waals surface area contributed by atoms with Crippen molar-refractivity contribution in [3.63, 3.8) is 0 Å². The smallest absolute Gasteiger partial charge is 0.227 e. The molecule has 120 valence electrons. The van der Waals surface area contributed by atoms with Gasteiger partial charge in [0, 0.05) is 6.42 Å². The lowest BCUT2D eigenvalue weighted by atomic mass is 9.88. The van der Waals surface area contributed by atoms with E-state index in [1.807, 2.05) is 6.92 Å². The molecule has 0 aromatic rings. The summed E-state index contributed by atoms with van der Waals surface area (Å²) in [7, 11) is 0. The summed E-state index contributed by atoms with van der Waals surface area (Å²) in [6.45, 7) is 12.5. The molecular formula is C16H32O4.